The van der Waals surface area contributed by atoms with Gasteiger partial charge in [-0.25, -0.2) is 0 Å². The minimum absolute atomic E-state index is 0.0576. The molecule has 0 bridgehead atoms. The largest absolute Gasteiger partial charge is 0.481 e. The number of alkyl halides is 3. The highest BCUT2D eigenvalue weighted by atomic mass is 19.4. The Balaban J connectivity index is 2.69. The van der Waals surface area contributed by atoms with Crippen LogP contribution in [0.1, 0.15) is 18.1 Å². The van der Waals surface area contributed by atoms with E-state index >= 15 is 0 Å². The van der Waals surface area contributed by atoms with Crippen LogP contribution in [0.2, 0.25) is 0 Å². The summed E-state index contributed by atoms with van der Waals surface area (Å²) in [6.07, 6.45) is -4.10. The van der Waals surface area contributed by atoms with E-state index in [2.05, 4.69) is 0 Å². The summed E-state index contributed by atoms with van der Waals surface area (Å²) in [6.45, 7) is 2.14. The van der Waals surface area contributed by atoms with E-state index in [1.54, 1.807) is 6.92 Å². The number of ether oxygens (including phenoxy) is 1. The van der Waals surface area contributed by atoms with Crippen molar-refractivity contribution in [2.75, 3.05) is 6.61 Å². The molecule has 0 aliphatic heterocycles. The van der Waals surface area contributed by atoms with Crippen molar-refractivity contribution < 1.29 is 17.9 Å². The molecule has 1 rings (SSSR count). The van der Waals surface area contributed by atoms with Crippen molar-refractivity contribution in [1.29, 1.82) is 5.41 Å². The van der Waals surface area contributed by atoms with Crippen LogP contribution in [0.3, 0.4) is 0 Å². The Kier molecular flexibility index (Phi) is 3.93. The van der Waals surface area contributed by atoms with Gasteiger partial charge >= 0.3 is 6.18 Å². The zero-order valence-electron chi connectivity index (χ0n) is 8.77. The van der Waals surface area contributed by atoms with Crippen LogP contribution in [0.4, 0.5) is 13.2 Å². The first kappa shape index (κ1) is 12.5. The van der Waals surface area contributed by atoms with E-state index in [0.29, 0.717) is 12.2 Å². The normalized spacial score (nSPS) is 11.2. The third-order valence-electron chi connectivity index (χ3n) is 1.96. The van der Waals surface area contributed by atoms with Crippen LogP contribution in [-0.2, 0) is 17.3 Å². The Morgan fingerprint density at radius 2 is 1.81 bits per heavy atom. The van der Waals surface area contributed by atoms with Gasteiger partial charge in [0.05, 0.1) is 12.2 Å². The fraction of sp³-hybridized carbons (Fsp3) is 0.364. The highest BCUT2D eigenvalue weighted by molar-refractivity contribution is 5.75. The molecule has 0 aliphatic carbocycles. The van der Waals surface area contributed by atoms with E-state index in [-0.39, 0.29) is 12.3 Å². The lowest BCUT2D eigenvalue weighted by molar-refractivity contribution is -0.137. The summed E-state index contributed by atoms with van der Waals surface area (Å²) in [5, 5.41) is 7.36. The van der Waals surface area contributed by atoms with Gasteiger partial charge in [0.2, 0.25) is 0 Å². The zero-order valence-corrected chi connectivity index (χ0v) is 8.77. The lowest BCUT2D eigenvalue weighted by Crippen LogP contribution is -2.08. The summed E-state index contributed by atoms with van der Waals surface area (Å²) >= 11 is 0. The molecule has 16 heavy (non-hydrogen) atoms. The van der Waals surface area contributed by atoms with Crippen molar-refractivity contribution in [2.24, 2.45) is 0 Å². The standard InChI is InChI=1S/C11H12F3NO/c1-2-16-10(15)7-8-3-5-9(6-4-8)11(12,13)14/h3-6,15H,2,7H2,1H3. The quantitative estimate of drug-likeness (QED) is 0.628. The number of benzene rings is 1. The monoisotopic (exact) mass is 231 g/mol. The molecule has 0 unspecified atom stereocenters. The average Bonchev–Trinajstić information content (AvgIpc) is 2.17. The Morgan fingerprint density at radius 1 is 1.25 bits per heavy atom. The second-order valence-corrected chi connectivity index (χ2v) is 3.23. The molecule has 1 aromatic carbocycles. The highest BCUT2D eigenvalue weighted by Crippen LogP contribution is 2.29. The van der Waals surface area contributed by atoms with Crippen LogP contribution >= 0.6 is 0 Å². The van der Waals surface area contributed by atoms with E-state index in [1.807, 2.05) is 0 Å². The summed E-state index contributed by atoms with van der Waals surface area (Å²) in [5.41, 5.74) is -0.0503. The number of hydrogen-bond donors (Lipinski definition) is 1. The molecule has 0 atom stereocenters. The molecule has 1 N–H and O–H groups in total. The first-order valence-electron chi connectivity index (χ1n) is 4.80. The summed E-state index contributed by atoms with van der Waals surface area (Å²) in [7, 11) is 0. The summed E-state index contributed by atoms with van der Waals surface area (Å²) < 4.78 is 41.6. The van der Waals surface area contributed by atoms with Gasteiger partial charge in [0.25, 0.3) is 0 Å². The minimum atomic E-state index is -4.31. The lowest BCUT2D eigenvalue weighted by Gasteiger charge is -2.08. The van der Waals surface area contributed by atoms with Crippen LogP contribution in [0.5, 0.6) is 0 Å². The van der Waals surface area contributed by atoms with Crippen molar-refractivity contribution in [3.8, 4) is 0 Å². The maximum absolute atomic E-state index is 12.2. The van der Waals surface area contributed by atoms with E-state index in [4.69, 9.17) is 10.1 Å². The molecule has 88 valence electrons. The Morgan fingerprint density at radius 3 is 2.25 bits per heavy atom. The maximum Gasteiger partial charge on any atom is 0.416 e. The van der Waals surface area contributed by atoms with E-state index in [9.17, 15) is 13.2 Å². The van der Waals surface area contributed by atoms with Gasteiger partial charge in [-0.2, -0.15) is 13.2 Å². The van der Waals surface area contributed by atoms with Gasteiger partial charge in [-0.1, -0.05) is 12.1 Å². The van der Waals surface area contributed by atoms with Crippen molar-refractivity contribution in [3.05, 3.63) is 35.4 Å². The van der Waals surface area contributed by atoms with Crippen LogP contribution in [-0.4, -0.2) is 12.5 Å². The lowest BCUT2D eigenvalue weighted by atomic mass is 10.1. The van der Waals surface area contributed by atoms with Gasteiger partial charge in [-0.05, 0) is 24.6 Å². The predicted molar refractivity (Wildman–Crippen MR) is 54.5 cm³/mol. The molecule has 0 heterocycles. The second kappa shape index (κ2) is 5.01. The molecule has 1 aromatic rings. The molecule has 0 aliphatic rings. The van der Waals surface area contributed by atoms with Gasteiger partial charge in [-0.15, -0.1) is 0 Å². The number of rotatable bonds is 3. The maximum atomic E-state index is 12.2. The fourth-order valence-electron chi connectivity index (χ4n) is 1.22. The van der Waals surface area contributed by atoms with Gasteiger partial charge in [0.15, 0.2) is 5.90 Å². The van der Waals surface area contributed by atoms with Crippen LogP contribution in [0, 0.1) is 5.41 Å². The molecule has 0 saturated carbocycles. The predicted octanol–water partition coefficient (Wildman–Crippen LogP) is 3.26. The molecular weight excluding hydrogens is 219 g/mol. The van der Waals surface area contributed by atoms with Crippen LogP contribution in [0.15, 0.2) is 24.3 Å². The molecular formula is C11H12F3NO. The Labute approximate surface area is 91.6 Å². The molecule has 0 spiro atoms. The van der Waals surface area contributed by atoms with Crippen molar-refractivity contribution >= 4 is 5.90 Å². The van der Waals surface area contributed by atoms with Gasteiger partial charge in [0.1, 0.15) is 0 Å². The number of halogens is 3. The molecule has 0 fully saturated rings. The zero-order chi connectivity index (χ0) is 12.2. The third-order valence-corrected chi connectivity index (χ3v) is 1.96. The molecule has 5 heteroatoms. The smallest absolute Gasteiger partial charge is 0.416 e. The SMILES string of the molecule is CCOC(=N)Cc1ccc(C(F)(F)F)cc1. The minimum Gasteiger partial charge on any atom is -0.481 e. The van der Waals surface area contributed by atoms with Gasteiger partial charge in [0, 0.05) is 6.42 Å². The van der Waals surface area contributed by atoms with Crippen LogP contribution < -0.4 is 0 Å². The summed E-state index contributed by atoms with van der Waals surface area (Å²) in [6, 6.07) is 4.73. The number of nitrogens with one attached hydrogen (secondary N) is 1. The van der Waals surface area contributed by atoms with E-state index < -0.39 is 11.7 Å². The van der Waals surface area contributed by atoms with Gasteiger partial charge < -0.3 is 4.74 Å². The third kappa shape index (κ3) is 3.56. The number of hydrogen-bond acceptors (Lipinski definition) is 2. The fourth-order valence-corrected chi connectivity index (χ4v) is 1.22. The molecule has 0 saturated heterocycles. The Bertz CT molecular complexity index is 356. The van der Waals surface area contributed by atoms with Crippen LogP contribution in [0.25, 0.3) is 0 Å². The first-order chi connectivity index (χ1) is 7.43. The van der Waals surface area contributed by atoms with Gasteiger partial charge in [-0.3, -0.25) is 5.41 Å². The topological polar surface area (TPSA) is 33.1 Å². The Hall–Kier alpha value is -1.52. The van der Waals surface area contributed by atoms with E-state index in [0.717, 1.165) is 12.1 Å². The van der Waals surface area contributed by atoms with Crippen molar-refractivity contribution in [3.63, 3.8) is 0 Å². The average molecular weight is 231 g/mol. The van der Waals surface area contributed by atoms with Crippen molar-refractivity contribution in [2.45, 2.75) is 19.5 Å². The first-order valence-corrected chi connectivity index (χ1v) is 4.80. The second-order valence-electron chi connectivity index (χ2n) is 3.23. The molecule has 0 amide bonds. The highest BCUT2D eigenvalue weighted by Gasteiger charge is 2.29. The summed E-state index contributed by atoms with van der Waals surface area (Å²) in [5.74, 6) is 0.0576. The molecule has 0 aromatic heterocycles. The molecule has 0 radical (unpaired) electrons. The van der Waals surface area contributed by atoms with E-state index in [1.165, 1.54) is 12.1 Å². The van der Waals surface area contributed by atoms with Crippen molar-refractivity contribution in [1.82, 2.24) is 0 Å². The summed E-state index contributed by atoms with van der Waals surface area (Å²) in [4.78, 5) is 0. The molecule has 2 nitrogen and oxygen atoms in total.